The van der Waals surface area contributed by atoms with Crippen LogP contribution >= 0.6 is 11.8 Å². The number of aliphatic hydroxyl groups is 1. The standard InChI is InChI=1S/C12H19NO3S/c1-9(5-7-14)17-8-10-12(16-3)11(15-2)4-6-13-10/h4,6,9,14H,5,7-8H2,1-3H3. The Morgan fingerprint density at radius 1 is 1.41 bits per heavy atom. The zero-order valence-electron chi connectivity index (χ0n) is 10.5. The molecule has 4 nitrogen and oxygen atoms in total. The number of ether oxygens (including phenoxy) is 2. The molecule has 0 radical (unpaired) electrons. The molecule has 0 fully saturated rings. The van der Waals surface area contributed by atoms with Gasteiger partial charge in [-0.05, 0) is 6.42 Å². The van der Waals surface area contributed by atoms with Crippen molar-refractivity contribution in [3.63, 3.8) is 0 Å². The minimum Gasteiger partial charge on any atom is -0.493 e. The lowest BCUT2D eigenvalue weighted by Crippen LogP contribution is -2.02. The van der Waals surface area contributed by atoms with Crippen LogP contribution in [0.15, 0.2) is 12.3 Å². The lowest BCUT2D eigenvalue weighted by Gasteiger charge is -2.13. The molecule has 0 spiro atoms. The van der Waals surface area contributed by atoms with Gasteiger partial charge in [-0.2, -0.15) is 11.8 Å². The van der Waals surface area contributed by atoms with E-state index in [1.807, 2.05) is 0 Å². The van der Waals surface area contributed by atoms with Crippen molar-refractivity contribution in [1.29, 1.82) is 0 Å². The largest absolute Gasteiger partial charge is 0.493 e. The van der Waals surface area contributed by atoms with Crippen LogP contribution in [0.5, 0.6) is 11.5 Å². The summed E-state index contributed by atoms with van der Waals surface area (Å²) in [5, 5.41) is 9.24. The number of methoxy groups -OCH3 is 2. The number of hydrogen-bond acceptors (Lipinski definition) is 5. The van der Waals surface area contributed by atoms with Crippen molar-refractivity contribution in [2.75, 3.05) is 20.8 Å². The molecule has 1 atom stereocenters. The van der Waals surface area contributed by atoms with E-state index >= 15 is 0 Å². The van der Waals surface area contributed by atoms with E-state index < -0.39 is 0 Å². The van der Waals surface area contributed by atoms with Crippen LogP contribution in [0.25, 0.3) is 0 Å². The maximum absolute atomic E-state index is 8.84. The van der Waals surface area contributed by atoms with Gasteiger partial charge >= 0.3 is 0 Å². The van der Waals surface area contributed by atoms with Gasteiger partial charge in [0.25, 0.3) is 0 Å². The van der Waals surface area contributed by atoms with Crippen molar-refractivity contribution in [2.24, 2.45) is 0 Å². The van der Waals surface area contributed by atoms with Gasteiger partial charge in [-0.25, -0.2) is 0 Å². The molecular formula is C12H19NO3S. The fourth-order valence-electron chi connectivity index (χ4n) is 1.44. The molecule has 0 amide bonds. The molecule has 1 rings (SSSR count). The second kappa shape index (κ2) is 7.40. The summed E-state index contributed by atoms with van der Waals surface area (Å²) in [6.45, 7) is 2.31. The third kappa shape index (κ3) is 4.09. The Morgan fingerprint density at radius 3 is 2.76 bits per heavy atom. The molecule has 0 aliphatic heterocycles. The highest BCUT2D eigenvalue weighted by atomic mass is 32.2. The summed E-state index contributed by atoms with van der Waals surface area (Å²) in [6, 6.07) is 1.78. The van der Waals surface area contributed by atoms with Crippen LogP contribution in [0.3, 0.4) is 0 Å². The maximum Gasteiger partial charge on any atom is 0.183 e. The summed E-state index contributed by atoms with van der Waals surface area (Å²) < 4.78 is 10.5. The molecule has 5 heteroatoms. The Balaban J connectivity index is 2.70. The molecule has 96 valence electrons. The molecule has 1 aromatic rings. The zero-order chi connectivity index (χ0) is 12.7. The molecule has 1 N–H and O–H groups in total. The molecule has 0 bridgehead atoms. The minimum absolute atomic E-state index is 0.219. The van der Waals surface area contributed by atoms with E-state index in [0.29, 0.717) is 16.7 Å². The quantitative estimate of drug-likeness (QED) is 0.810. The van der Waals surface area contributed by atoms with Crippen molar-refractivity contribution in [1.82, 2.24) is 4.98 Å². The van der Waals surface area contributed by atoms with Crippen LogP contribution < -0.4 is 9.47 Å². The number of rotatable bonds is 7. The van der Waals surface area contributed by atoms with Crippen LogP contribution in [0.1, 0.15) is 19.0 Å². The molecule has 1 aromatic heterocycles. The first-order chi connectivity index (χ1) is 8.22. The van der Waals surface area contributed by atoms with E-state index in [1.54, 1.807) is 38.2 Å². The van der Waals surface area contributed by atoms with Gasteiger partial charge in [0.15, 0.2) is 11.5 Å². The summed E-state index contributed by atoms with van der Waals surface area (Å²) in [5.41, 5.74) is 0.877. The SMILES string of the molecule is COc1ccnc(CSC(C)CCO)c1OC. The lowest BCUT2D eigenvalue weighted by atomic mass is 10.3. The Morgan fingerprint density at radius 2 is 2.18 bits per heavy atom. The molecule has 0 saturated carbocycles. The fourth-order valence-corrected chi connectivity index (χ4v) is 2.36. The molecular weight excluding hydrogens is 238 g/mol. The Kier molecular flexibility index (Phi) is 6.15. The fraction of sp³-hybridized carbons (Fsp3) is 0.583. The normalized spacial score (nSPS) is 12.2. The first-order valence-electron chi connectivity index (χ1n) is 5.51. The average molecular weight is 257 g/mol. The van der Waals surface area contributed by atoms with Crippen LogP contribution in [-0.4, -0.2) is 36.2 Å². The predicted molar refractivity (Wildman–Crippen MR) is 69.8 cm³/mol. The summed E-state index contributed by atoms with van der Waals surface area (Å²) in [7, 11) is 3.23. The highest BCUT2D eigenvalue weighted by Gasteiger charge is 2.12. The van der Waals surface area contributed by atoms with E-state index in [4.69, 9.17) is 14.6 Å². The van der Waals surface area contributed by atoms with E-state index in [1.165, 1.54) is 0 Å². The van der Waals surface area contributed by atoms with Crippen molar-refractivity contribution >= 4 is 11.8 Å². The molecule has 0 aliphatic carbocycles. The Bertz CT molecular complexity index is 347. The summed E-state index contributed by atoms with van der Waals surface area (Å²) in [4.78, 5) is 4.30. The van der Waals surface area contributed by atoms with Crippen molar-refractivity contribution < 1.29 is 14.6 Å². The number of aromatic nitrogens is 1. The van der Waals surface area contributed by atoms with Gasteiger partial charge < -0.3 is 14.6 Å². The second-order valence-electron chi connectivity index (χ2n) is 3.63. The summed E-state index contributed by atoms with van der Waals surface area (Å²) in [6.07, 6.45) is 2.50. The van der Waals surface area contributed by atoms with Crippen LogP contribution in [0.4, 0.5) is 0 Å². The topological polar surface area (TPSA) is 51.6 Å². The van der Waals surface area contributed by atoms with E-state index in [-0.39, 0.29) is 6.61 Å². The van der Waals surface area contributed by atoms with E-state index in [0.717, 1.165) is 17.9 Å². The second-order valence-corrected chi connectivity index (χ2v) is 5.05. The van der Waals surface area contributed by atoms with Gasteiger partial charge in [0.1, 0.15) is 0 Å². The van der Waals surface area contributed by atoms with Crippen LogP contribution in [0, 0.1) is 0 Å². The van der Waals surface area contributed by atoms with Gasteiger partial charge in [-0.1, -0.05) is 6.92 Å². The maximum atomic E-state index is 8.84. The van der Waals surface area contributed by atoms with Gasteiger partial charge in [0.05, 0.1) is 19.9 Å². The van der Waals surface area contributed by atoms with Crippen LogP contribution in [-0.2, 0) is 5.75 Å². The van der Waals surface area contributed by atoms with Gasteiger partial charge in [-0.15, -0.1) is 0 Å². The molecule has 0 aromatic carbocycles. The van der Waals surface area contributed by atoms with Crippen LogP contribution in [0.2, 0.25) is 0 Å². The molecule has 0 aliphatic rings. The number of aliphatic hydroxyl groups excluding tert-OH is 1. The van der Waals surface area contributed by atoms with Crippen molar-refractivity contribution in [3.05, 3.63) is 18.0 Å². The summed E-state index contributed by atoms with van der Waals surface area (Å²) >= 11 is 1.74. The van der Waals surface area contributed by atoms with Gasteiger partial charge in [-0.3, -0.25) is 4.98 Å². The number of pyridine rings is 1. The summed E-state index contributed by atoms with van der Waals surface area (Å²) in [5.74, 6) is 2.15. The van der Waals surface area contributed by atoms with Gasteiger partial charge in [0, 0.05) is 29.9 Å². The third-order valence-corrected chi connectivity index (χ3v) is 3.65. The van der Waals surface area contributed by atoms with Crippen molar-refractivity contribution in [2.45, 2.75) is 24.3 Å². The highest BCUT2D eigenvalue weighted by molar-refractivity contribution is 7.99. The minimum atomic E-state index is 0.219. The molecule has 1 heterocycles. The Hall–Kier alpha value is -0.940. The monoisotopic (exact) mass is 257 g/mol. The number of hydrogen-bond donors (Lipinski definition) is 1. The molecule has 0 saturated heterocycles. The molecule has 1 unspecified atom stereocenters. The average Bonchev–Trinajstić information content (AvgIpc) is 2.36. The molecule has 17 heavy (non-hydrogen) atoms. The first kappa shape index (κ1) is 14.1. The van der Waals surface area contributed by atoms with E-state index in [9.17, 15) is 0 Å². The number of nitrogens with zero attached hydrogens (tertiary/aromatic N) is 1. The highest BCUT2D eigenvalue weighted by Crippen LogP contribution is 2.32. The zero-order valence-corrected chi connectivity index (χ0v) is 11.3. The van der Waals surface area contributed by atoms with Gasteiger partial charge in [0.2, 0.25) is 0 Å². The van der Waals surface area contributed by atoms with E-state index in [2.05, 4.69) is 11.9 Å². The lowest BCUT2D eigenvalue weighted by molar-refractivity contribution is 0.289. The predicted octanol–water partition coefficient (Wildman–Crippen LogP) is 2.10. The first-order valence-corrected chi connectivity index (χ1v) is 6.56. The third-order valence-electron chi connectivity index (χ3n) is 2.41. The number of thioether (sulfide) groups is 1. The Labute approximate surface area is 106 Å². The smallest absolute Gasteiger partial charge is 0.183 e. The van der Waals surface area contributed by atoms with Crippen molar-refractivity contribution in [3.8, 4) is 11.5 Å².